The van der Waals surface area contributed by atoms with E-state index < -0.39 is 0 Å². The first-order valence-electron chi connectivity index (χ1n) is 7.22. The van der Waals surface area contributed by atoms with Gasteiger partial charge >= 0.3 is 0 Å². The third-order valence-corrected chi connectivity index (χ3v) is 3.92. The second-order valence-electron chi connectivity index (χ2n) is 5.55. The average molecular weight is 297 g/mol. The summed E-state index contributed by atoms with van der Waals surface area (Å²) in [5.74, 6) is 1.09. The molecule has 114 valence electrons. The van der Waals surface area contributed by atoms with Crippen molar-refractivity contribution in [2.45, 2.75) is 34.2 Å². The van der Waals surface area contributed by atoms with Crippen molar-refractivity contribution in [3.05, 3.63) is 56.8 Å². The van der Waals surface area contributed by atoms with Crippen molar-refractivity contribution in [3.8, 4) is 0 Å². The molecule has 3 aromatic rings. The molecule has 0 spiro atoms. The molecule has 0 saturated heterocycles. The zero-order valence-electron chi connectivity index (χ0n) is 13.2. The van der Waals surface area contributed by atoms with Gasteiger partial charge in [-0.15, -0.1) is 0 Å². The minimum Gasteiger partial charge on any atom is -0.377 e. The van der Waals surface area contributed by atoms with E-state index in [1.165, 1.54) is 15.6 Å². The molecule has 0 radical (unpaired) electrons. The molecule has 2 aromatic heterocycles. The molecule has 6 heteroatoms. The van der Waals surface area contributed by atoms with Crippen LogP contribution in [0.25, 0.3) is 5.78 Å². The van der Waals surface area contributed by atoms with E-state index in [9.17, 15) is 4.79 Å². The van der Waals surface area contributed by atoms with Crippen molar-refractivity contribution >= 4 is 11.5 Å². The van der Waals surface area contributed by atoms with Gasteiger partial charge in [0, 0.05) is 16.9 Å². The lowest BCUT2D eigenvalue weighted by Gasteiger charge is -2.10. The van der Waals surface area contributed by atoms with Gasteiger partial charge in [0.05, 0.1) is 6.54 Å². The molecule has 6 nitrogen and oxygen atoms in total. The van der Waals surface area contributed by atoms with Crippen LogP contribution in [0.4, 0.5) is 5.69 Å². The highest BCUT2D eigenvalue weighted by Gasteiger charge is 2.10. The third-order valence-electron chi connectivity index (χ3n) is 3.92. The van der Waals surface area contributed by atoms with E-state index in [1.807, 2.05) is 13.0 Å². The lowest BCUT2D eigenvalue weighted by Crippen LogP contribution is -2.19. The van der Waals surface area contributed by atoms with Gasteiger partial charge in [0.1, 0.15) is 5.82 Å². The Bertz CT molecular complexity index is 887. The number of fused-ring (bicyclic) bond motifs is 1. The van der Waals surface area contributed by atoms with Crippen molar-refractivity contribution < 1.29 is 0 Å². The summed E-state index contributed by atoms with van der Waals surface area (Å²) in [5.41, 5.74) is 4.70. The van der Waals surface area contributed by atoms with E-state index in [2.05, 4.69) is 46.4 Å². The maximum atomic E-state index is 12.2. The van der Waals surface area contributed by atoms with E-state index >= 15 is 0 Å². The molecule has 2 heterocycles. The zero-order valence-corrected chi connectivity index (χ0v) is 13.2. The van der Waals surface area contributed by atoms with Crippen molar-refractivity contribution in [3.63, 3.8) is 0 Å². The number of aromatic nitrogens is 4. The summed E-state index contributed by atoms with van der Waals surface area (Å²) < 4.78 is 1.39. The van der Waals surface area contributed by atoms with Gasteiger partial charge in [0.2, 0.25) is 0 Å². The lowest BCUT2D eigenvalue weighted by atomic mass is 10.1. The molecule has 0 aliphatic heterocycles. The standard InChI is InChI=1S/C16H19N5O/c1-9-6-5-7-10(2)14(9)17-8-13-19-16-18-12(4)11(3)15(22)21(16)20-13/h5-7,17H,8H2,1-4H3,(H,18,19,20). The second-order valence-corrected chi connectivity index (χ2v) is 5.55. The number of anilines is 1. The summed E-state index contributed by atoms with van der Waals surface area (Å²) in [6.07, 6.45) is 0. The van der Waals surface area contributed by atoms with Crippen LogP contribution in [-0.2, 0) is 6.54 Å². The molecule has 0 fully saturated rings. The predicted octanol–water partition coefficient (Wildman–Crippen LogP) is 2.26. The number of hydrogen-bond acceptors (Lipinski definition) is 4. The highest BCUT2D eigenvalue weighted by Crippen LogP contribution is 2.19. The smallest absolute Gasteiger partial charge is 0.277 e. The number of nitrogens with one attached hydrogen (secondary N) is 2. The van der Waals surface area contributed by atoms with E-state index in [0.717, 1.165) is 5.69 Å². The number of nitrogens with zero attached hydrogens (tertiary/aromatic N) is 3. The molecular weight excluding hydrogens is 278 g/mol. The maximum absolute atomic E-state index is 12.2. The summed E-state index contributed by atoms with van der Waals surface area (Å²) in [7, 11) is 0. The van der Waals surface area contributed by atoms with Gasteiger partial charge in [-0.3, -0.25) is 9.89 Å². The van der Waals surface area contributed by atoms with E-state index in [-0.39, 0.29) is 5.56 Å². The fourth-order valence-electron chi connectivity index (χ4n) is 2.49. The number of aromatic amines is 1. The van der Waals surface area contributed by atoms with Gasteiger partial charge in [0.25, 0.3) is 11.3 Å². The Kier molecular flexibility index (Phi) is 3.44. The van der Waals surface area contributed by atoms with Gasteiger partial charge in [-0.1, -0.05) is 18.2 Å². The van der Waals surface area contributed by atoms with Crippen molar-refractivity contribution in [2.24, 2.45) is 0 Å². The number of aryl methyl sites for hydroxylation is 3. The summed E-state index contributed by atoms with van der Waals surface area (Å²) in [4.78, 5) is 20.9. The predicted molar refractivity (Wildman–Crippen MR) is 86.3 cm³/mol. The first-order valence-corrected chi connectivity index (χ1v) is 7.22. The second kappa shape index (κ2) is 5.29. The topological polar surface area (TPSA) is 75.1 Å². The average Bonchev–Trinajstić information content (AvgIpc) is 2.87. The van der Waals surface area contributed by atoms with Gasteiger partial charge < -0.3 is 5.32 Å². The molecule has 0 aliphatic carbocycles. The summed E-state index contributed by atoms with van der Waals surface area (Å²) in [6, 6.07) is 6.16. The van der Waals surface area contributed by atoms with Crippen LogP contribution in [0.5, 0.6) is 0 Å². The molecule has 1 aromatic carbocycles. The molecule has 0 atom stereocenters. The highest BCUT2D eigenvalue weighted by atomic mass is 16.1. The first-order chi connectivity index (χ1) is 10.5. The summed E-state index contributed by atoms with van der Waals surface area (Å²) in [5, 5.41) is 6.38. The Balaban J connectivity index is 1.92. The Labute approximate surface area is 128 Å². The van der Waals surface area contributed by atoms with Crippen molar-refractivity contribution in [1.29, 1.82) is 0 Å². The molecule has 0 saturated carbocycles. The van der Waals surface area contributed by atoms with E-state index in [0.29, 0.717) is 29.4 Å². The van der Waals surface area contributed by atoms with E-state index in [4.69, 9.17) is 0 Å². The third kappa shape index (κ3) is 2.36. The van der Waals surface area contributed by atoms with Crippen LogP contribution in [0.1, 0.15) is 28.2 Å². The minimum atomic E-state index is -0.103. The van der Waals surface area contributed by atoms with Crippen LogP contribution in [-0.4, -0.2) is 19.6 Å². The van der Waals surface area contributed by atoms with Gasteiger partial charge in [-0.2, -0.15) is 9.50 Å². The molecular formula is C16H19N5O. The fourth-order valence-corrected chi connectivity index (χ4v) is 2.49. The van der Waals surface area contributed by atoms with Gasteiger partial charge in [-0.05, 0) is 38.8 Å². The monoisotopic (exact) mass is 297 g/mol. The van der Waals surface area contributed by atoms with Crippen LogP contribution in [0.2, 0.25) is 0 Å². The largest absolute Gasteiger partial charge is 0.377 e. The number of benzene rings is 1. The Hall–Kier alpha value is -2.63. The SMILES string of the molecule is Cc1cccc(C)c1NCc1nc2nc(C)c(C)c(=O)n2[nH]1. The van der Waals surface area contributed by atoms with Crippen LogP contribution < -0.4 is 10.9 Å². The number of hydrogen-bond donors (Lipinski definition) is 2. The van der Waals surface area contributed by atoms with Gasteiger partial charge in [-0.25, -0.2) is 4.98 Å². The fraction of sp³-hybridized carbons (Fsp3) is 0.312. The highest BCUT2D eigenvalue weighted by molar-refractivity contribution is 5.56. The van der Waals surface area contributed by atoms with Crippen molar-refractivity contribution in [1.82, 2.24) is 19.6 Å². The molecule has 22 heavy (non-hydrogen) atoms. The number of H-pyrrole nitrogens is 1. The Morgan fingerprint density at radius 1 is 1.14 bits per heavy atom. The number of rotatable bonds is 3. The molecule has 2 N–H and O–H groups in total. The molecule has 3 rings (SSSR count). The minimum absolute atomic E-state index is 0.103. The van der Waals surface area contributed by atoms with E-state index in [1.54, 1.807) is 6.92 Å². The van der Waals surface area contributed by atoms with Crippen LogP contribution in [0.15, 0.2) is 23.0 Å². The van der Waals surface area contributed by atoms with Gasteiger partial charge in [0.15, 0.2) is 0 Å². The Morgan fingerprint density at radius 2 is 1.82 bits per heavy atom. The molecule has 0 amide bonds. The maximum Gasteiger partial charge on any atom is 0.277 e. The Morgan fingerprint density at radius 3 is 2.50 bits per heavy atom. The normalized spacial score (nSPS) is 11.1. The summed E-state index contributed by atoms with van der Waals surface area (Å²) in [6.45, 7) is 8.22. The molecule has 0 bridgehead atoms. The summed E-state index contributed by atoms with van der Waals surface area (Å²) >= 11 is 0. The zero-order chi connectivity index (χ0) is 15.9. The first kappa shape index (κ1) is 14.3. The van der Waals surface area contributed by atoms with Crippen molar-refractivity contribution in [2.75, 3.05) is 5.32 Å². The number of para-hydroxylation sites is 1. The quantitative estimate of drug-likeness (QED) is 0.777. The van der Waals surface area contributed by atoms with Crippen LogP contribution in [0.3, 0.4) is 0 Å². The van der Waals surface area contributed by atoms with Crippen LogP contribution >= 0.6 is 0 Å². The molecule has 0 unspecified atom stereocenters. The van der Waals surface area contributed by atoms with Crippen LogP contribution in [0, 0.1) is 27.7 Å². The molecule has 0 aliphatic rings. The lowest BCUT2D eigenvalue weighted by molar-refractivity contribution is 0.841.